The Hall–Kier alpha value is -0.190. The molecule has 14 heavy (non-hydrogen) atoms. The van der Waals surface area contributed by atoms with E-state index < -0.39 is 0 Å². The van der Waals surface area contributed by atoms with Crippen molar-refractivity contribution in [1.29, 1.82) is 0 Å². The number of aliphatic hydroxyl groups is 1. The van der Waals surface area contributed by atoms with Gasteiger partial charge in [0.2, 0.25) is 0 Å². The summed E-state index contributed by atoms with van der Waals surface area (Å²) in [6.45, 7) is 4.58. The van der Waals surface area contributed by atoms with Crippen molar-refractivity contribution in [2.45, 2.75) is 32.2 Å². The molecule has 3 N–H and O–H groups in total. The predicted molar refractivity (Wildman–Crippen MR) is 62.2 cm³/mol. The summed E-state index contributed by atoms with van der Waals surface area (Å²) >= 11 is 4.83. The van der Waals surface area contributed by atoms with Gasteiger partial charge in [-0.1, -0.05) is 19.1 Å². The fraction of sp³-hybridized carbons (Fsp3) is 0.900. The first-order valence-corrected chi connectivity index (χ1v) is 5.69. The average molecular weight is 216 g/mol. The first-order chi connectivity index (χ1) is 6.65. The zero-order chi connectivity index (χ0) is 10.6. The Labute approximate surface area is 91.3 Å². The minimum atomic E-state index is 0.272. The summed E-state index contributed by atoms with van der Waals surface area (Å²) < 4.78 is 0. The van der Waals surface area contributed by atoms with E-state index in [4.69, 9.17) is 18.0 Å². The number of hydrogen-bond donors (Lipinski definition) is 2. The average Bonchev–Trinajstić information content (AvgIpc) is 2.46. The maximum Gasteiger partial charge on any atom is 0.0727 e. The van der Waals surface area contributed by atoms with E-state index in [2.05, 4.69) is 11.8 Å². The molecule has 0 aliphatic carbocycles. The van der Waals surface area contributed by atoms with E-state index >= 15 is 0 Å². The molecule has 1 heterocycles. The Morgan fingerprint density at radius 1 is 1.64 bits per heavy atom. The van der Waals surface area contributed by atoms with Crippen LogP contribution in [0.1, 0.15) is 26.2 Å². The molecule has 0 aromatic rings. The lowest BCUT2D eigenvalue weighted by atomic mass is 10.0. The highest BCUT2D eigenvalue weighted by molar-refractivity contribution is 7.80. The first-order valence-electron chi connectivity index (χ1n) is 5.28. The zero-order valence-electron chi connectivity index (χ0n) is 8.78. The van der Waals surface area contributed by atoms with Crippen molar-refractivity contribution in [3.05, 3.63) is 0 Å². The zero-order valence-corrected chi connectivity index (χ0v) is 9.59. The number of aliphatic hydroxyl groups excluding tert-OH is 1. The second kappa shape index (κ2) is 5.63. The second-order valence-electron chi connectivity index (χ2n) is 4.12. The van der Waals surface area contributed by atoms with E-state index in [0.717, 1.165) is 25.9 Å². The van der Waals surface area contributed by atoms with Gasteiger partial charge < -0.3 is 10.8 Å². The van der Waals surface area contributed by atoms with E-state index in [0.29, 0.717) is 16.9 Å². The van der Waals surface area contributed by atoms with Gasteiger partial charge >= 0.3 is 0 Å². The normalized spacial score (nSPS) is 28.1. The molecule has 1 aliphatic heterocycles. The number of thiocarbonyl (C=S) groups is 1. The van der Waals surface area contributed by atoms with Gasteiger partial charge in [-0.15, -0.1) is 0 Å². The summed E-state index contributed by atoms with van der Waals surface area (Å²) in [7, 11) is 0. The van der Waals surface area contributed by atoms with Crippen LogP contribution in [-0.2, 0) is 0 Å². The Morgan fingerprint density at radius 3 is 2.93 bits per heavy atom. The van der Waals surface area contributed by atoms with Crippen LogP contribution in [0.25, 0.3) is 0 Å². The van der Waals surface area contributed by atoms with Crippen LogP contribution in [0.2, 0.25) is 0 Å². The van der Waals surface area contributed by atoms with Gasteiger partial charge in [0.05, 0.1) is 11.6 Å². The molecule has 0 aromatic carbocycles. The van der Waals surface area contributed by atoms with E-state index in [1.807, 2.05) is 0 Å². The molecule has 0 spiro atoms. The van der Waals surface area contributed by atoms with E-state index in [9.17, 15) is 5.11 Å². The highest BCUT2D eigenvalue weighted by atomic mass is 32.1. The van der Waals surface area contributed by atoms with Crippen LogP contribution in [0, 0.1) is 5.92 Å². The monoisotopic (exact) mass is 216 g/mol. The summed E-state index contributed by atoms with van der Waals surface area (Å²) in [6.07, 6.45) is 3.02. The molecule has 0 saturated carbocycles. The Morgan fingerprint density at radius 2 is 2.36 bits per heavy atom. The number of nitrogens with two attached hydrogens (primary N) is 1. The van der Waals surface area contributed by atoms with Gasteiger partial charge in [0, 0.05) is 6.04 Å². The number of rotatable bonds is 5. The molecule has 0 amide bonds. The van der Waals surface area contributed by atoms with Crippen molar-refractivity contribution in [3.63, 3.8) is 0 Å². The molecular formula is C10H20N2OS. The van der Waals surface area contributed by atoms with Gasteiger partial charge in [0.15, 0.2) is 0 Å². The first kappa shape index (κ1) is 11.9. The lowest BCUT2D eigenvalue weighted by Gasteiger charge is -2.24. The minimum absolute atomic E-state index is 0.272. The summed E-state index contributed by atoms with van der Waals surface area (Å²) in [6, 6.07) is 0.348. The summed E-state index contributed by atoms with van der Waals surface area (Å²) in [5, 5.41) is 9.22. The molecule has 2 atom stereocenters. The maximum atomic E-state index is 9.22. The largest absolute Gasteiger partial charge is 0.395 e. The van der Waals surface area contributed by atoms with Gasteiger partial charge in [-0.3, -0.25) is 4.90 Å². The molecule has 1 aliphatic rings. The van der Waals surface area contributed by atoms with E-state index in [1.54, 1.807) is 0 Å². The number of nitrogens with zero attached hydrogens (tertiary/aromatic N) is 1. The molecule has 3 nitrogen and oxygen atoms in total. The van der Waals surface area contributed by atoms with Crippen LogP contribution in [-0.4, -0.2) is 40.7 Å². The van der Waals surface area contributed by atoms with Crippen molar-refractivity contribution in [2.75, 3.05) is 19.7 Å². The van der Waals surface area contributed by atoms with Crippen LogP contribution in [0.5, 0.6) is 0 Å². The fourth-order valence-electron chi connectivity index (χ4n) is 2.12. The van der Waals surface area contributed by atoms with E-state index in [1.165, 1.54) is 6.42 Å². The molecule has 1 saturated heterocycles. The number of hydrogen-bond acceptors (Lipinski definition) is 3. The molecular weight excluding hydrogens is 196 g/mol. The standard InChI is InChI=1S/C10H20N2OS/c1-8-4-6-12(9(8)7-13)5-2-3-10(11)14/h8-9,13H,2-7H2,1H3,(H2,11,14). The van der Waals surface area contributed by atoms with Gasteiger partial charge in [-0.2, -0.15) is 0 Å². The van der Waals surface area contributed by atoms with Gasteiger partial charge in [0.1, 0.15) is 0 Å². The van der Waals surface area contributed by atoms with Gasteiger partial charge in [0.25, 0.3) is 0 Å². The van der Waals surface area contributed by atoms with Crippen LogP contribution < -0.4 is 5.73 Å². The molecule has 4 heteroatoms. The van der Waals surface area contributed by atoms with Crippen molar-refractivity contribution in [1.82, 2.24) is 4.90 Å². The van der Waals surface area contributed by atoms with Gasteiger partial charge in [-0.05, 0) is 38.3 Å². The second-order valence-corrected chi connectivity index (χ2v) is 4.65. The Kier molecular flexibility index (Phi) is 4.78. The Balaban J connectivity index is 2.26. The molecule has 0 bridgehead atoms. The summed E-state index contributed by atoms with van der Waals surface area (Å²) in [5.74, 6) is 0.616. The van der Waals surface area contributed by atoms with Crippen LogP contribution in [0.3, 0.4) is 0 Å². The summed E-state index contributed by atoms with van der Waals surface area (Å²) in [5.41, 5.74) is 5.44. The summed E-state index contributed by atoms with van der Waals surface area (Å²) in [4.78, 5) is 2.95. The lowest BCUT2D eigenvalue weighted by molar-refractivity contribution is 0.139. The molecule has 2 unspecified atom stereocenters. The smallest absolute Gasteiger partial charge is 0.0727 e. The van der Waals surface area contributed by atoms with Crippen molar-refractivity contribution < 1.29 is 5.11 Å². The molecule has 0 aromatic heterocycles. The minimum Gasteiger partial charge on any atom is -0.395 e. The quantitative estimate of drug-likeness (QED) is 0.666. The van der Waals surface area contributed by atoms with Crippen LogP contribution in [0.15, 0.2) is 0 Å². The highest BCUT2D eigenvalue weighted by Gasteiger charge is 2.29. The van der Waals surface area contributed by atoms with Crippen molar-refractivity contribution in [2.24, 2.45) is 11.7 Å². The third kappa shape index (κ3) is 3.19. The maximum absolute atomic E-state index is 9.22. The molecule has 1 fully saturated rings. The number of likely N-dealkylation sites (tertiary alicyclic amines) is 1. The SMILES string of the molecule is CC1CCN(CCCC(N)=S)C1CO. The highest BCUT2D eigenvalue weighted by Crippen LogP contribution is 2.23. The molecule has 82 valence electrons. The van der Waals surface area contributed by atoms with Gasteiger partial charge in [-0.25, -0.2) is 0 Å². The van der Waals surface area contributed by atoms with Crippen molar-refractivity contribution in [3.8, 4) is 0 Å². The molecule has 0 radical (unpaired) electrons. The van der Waals surface area contributed by atoms with Crippen LogP contribution in [0.4, 0.5) is 0 Å². The van der Waals surface area contributed by atoms with Crippen molar-refractivity contribution >= 4 is 17.2 Å². The van der Waals surface area contributed by atoms with E-state index in [-0.39, 0.29) is 6.61 Å². The predicted octanol–water partition coefficient (Wildman–Crippen LogP) is 0.755. The lowest BCUT2D eigenvalue weighted by Crippen LogP contribution is -2.36. The fourth-order valence-corrected chi connectivity index (χ4v) is 2.26. The third-order valence-electron chi connectivity index (χ3n) is 3.05. The topological polar surface area (TPSA) is 49.5 Å². The molecule has 1 rings (SSSR count). The Bertz CT molecular complexity index is 199. The van der Waals surface area contributed by atoms with Crippen LogP contribution >= 0.6 is 12.2 Å². The third-order valence-corrected chi connectivity index (χ3v) is 3.26.